The minimum Gasteiger partial charge on any atom is -0.355 e. The lowest BCUT2D eigenvalue weighted by Crippen LogP contribution is -2.40. The van der Waals surface area contributed by atoms with Crippen LogP contribution in [0, 0.1) is 5.92 Å². The Labute approximate surface area is 221 Å². The van der Waals surface area contributed by atoms with Crippen LogP contribution in [0.5, 0.6) is 0 Å². The van der Waals surface area contributed by atoms with Gasteiger partial charge in [-0.3, -0.25) is 9.69 Å². The molecule has 0 atom stereocenters. The van der Waals surface area contributed by atoms with Crippen LogP contribution < -0.4 is 5.32 Å². The standard InChI is InChI=1S/C24H25BrCl2N4O2S/c25-19-3-1-2-18(13-19)23-29-22(33-30-23)14-31-9-6-17(7-10-31)24(32)28-8-11-34-15-16-4-5-20(26)21(27)12-16/h1-5,12-13,17H,6-11,14-15H2,(H,28,32). The molecule has 34 heavy (non-hydrogen) atoms. The van der Waals surface area contributed by atoms with Crippen molar-refractivity contribution >= 4 is 56.8 Å². The number of hydrogen-bond donors (Lipinski definition) is 1. The van der Waals surface area contributed by atoms with Crippen LogP contribution in [0.3, 0.4) is 0 Å². The smallest absolute Gasteiger partial charge is 0.241 e. The zero-order valence-electron chi connectivity index (χ0n) is 18.5. The summed E-state index contributed by atoms with van der Waals surface area (Å²) < 4.78 is 6.42. The molecule has 0 unspecified atom stereocenters. The Morgan fingerprint density at radius 1 is 1.18 bits per heavy atom. The van der Waals surface area contributed by atoms with Gasteiger partial charge in [0.25, 0.3) is 0 Å². The summed E-state index contributed by atoms with van der Waals surface area (Å²) in [5.41, 5.74) is 2.04. The monoisotopic (exact) mass is 582 g/mol. The van der Waals surface area contributed by atoms with Gasteiger partial charge in [0.2, 0.25) is 17.6 Å². The first-order chi connectivity index (χ1) is 16.5. The Kier molecular flexibility index (Phi) is 9.31. The lowest BCUT2D eigenvalue weighted by atomic mass is 9.96. The maximum absolute atomic E-state index is 12.6. The molecule has 1 saturated heterocycles. The summed E-state index contributed by atoms with van der Waals surface area (Å²) in [7, 11) is 0. The van der Waals surface area contributed by atoms with Gasteiger partial charge in [-0.2, -0.15) is 16.7 Å². The molecule has 1 aliphatic heterocycles. The van der Waals surface area contributed by atoms with Crippen LogP contribution in [-0.2, 0) is 17.1 Å². The van der Waals surface area contributed by atoms with Crippen molar-refractivity contribution in [3.63, 3.8) is 0 Å². The molecule has 1 amide bonds. The predicted octanol–water partition coefficient (Wildman–Crippen LogP) is 6.07. The molecule has 1 fully saturated rings. The topological polar surface area (TPSA) is 71.3 Å². The molecule has 180 valence electrons. The molecule has 1 N–H and O–H groups in total. The lowest BCUT2D eigenvalue weighted by Gasteiger charge is -2.30. The Balaban J connectivity index is 1.14. The van der Waals surface area contributed by atoms with E-state index in [2.05, 4.69) is 36.3 Å². The van der Waals surface area contributed by atoms with Crippen LogP contribution in [0.15, 0.2) is 51.5 Å². The van der Waals surface area contributed by atoms with Crippen molar-refractivity contribution in [2.45, 2.75) is 25.1 Å². The molecule has 0 saturated carbocycles. The van der Waals surface area contributed by atoms with E-state index in [1.54, 1.807) is 11.8 Å². The fourth-order valence-corrected chi connectivity index (χ4v) is 5.34. The van der Waals surface area contributed by atoms with Gasteiger partial charge in [-0.1, -0.05) is 62.5 Å². The number of benzene rings is 2. The number of carbonyl (C=O) groups is 1. The first-order valence-corrected chi connectivity index (χ1v) is 13.8. The molecule has 0 bridgehead atoms. The Hall–Kier alpha value is -1.58. The van der Waals surface area contributed by atoms with E-state index in [0.29, 0.717) is 34.8 Å². The minimum atomic E-state index is 0.0521. The second-order valence-corrected chi connectivity index (χ2v) is 11.0. The highest BCUT2D eigenvalue weighted by molar-refractivity contribution is 9.10. The number of likely N-dealkylation sites (tertiary alicyclic amines) is 1. The van der Waals surface area contributed by atoms with Crippen molar-refractivity contribution in [2.75, 3.05) is 25.4 Å². The molecule has 1 aliphatic rings. The van der Waals surface area contributed by atoms with E-state index in [1.165, 1.54) is 0 Å². The van der Waals surface area contributed by atoms with E-state index < -0.39 is 0 Å². The van der Waals surface area contributed by atoms with Gasteiger partial charge >= 0.3 is 0 Å². The van der Waals surface area contributed by atoms with Gasteiger partial charge in [0, 0.05) is 34.0 Å². The summed E-state index contributed by atoms with van der Waals surface area (Å²) in [5.74, 6) is 3.06. The number of piperidine rings is 1. The normalized spacial score (nSPS) is 14.9. The number of carbonyl (C=O) groups excluding carboxylic acids is 1. The van der Waals surface area contributed by atoms with Crippen molar-refractivity contribution in [3.8, 4) is 11.4 Å². The van der Waals surface area contributed by atoms with Gasteiger partial charge in [0.15, 0.2) is 0 Å². The third-order valence-electron chi connectivity index (χ3n) is 5.67. The summed E-state index contributed by atoms with van der Waals surface area (Å²) in [6.07, 6.45) is 1.66. The zero-order valence-corrected chi connectivity index (χ0v) is 22.4. The summed E-state index contributed by atoms with van der Waals surface area (Å²) in [6, 6.07) is 13.5. The average Bonchev–Trinajstić information content (AvgIpc) is 3.30. The van der Waals surface area contributed by atoms with E-state index >= 15 is 0 Å². The van der Waals surface area contributed by atoms with Crippen molar-refractivity contribution in [1.29, 1.82) is 0 Å². The molecule has 2 aromatic carbocycles. The van der Waals surface area contributed by atoms with Crippen molar-refractivity contribution in [1.82, 2.24) is 20.4 Å². The lowest BCUT2D eigenvalue weighted by molar-refractivity contribution is -0.126. The van der Waals surface area contributed by atoms with Crippen LogP contribution in [-0.4, -0.2) is 46.3 Å². The number of nitrogens with zero attached hydrogens (tertiary/aromatic N) is 3. The van der Waals surface area contributed by atoms with E-state index in [1.807, 2.05) is 42.5 Å². The van der Waals surface area contributed by atoms with E-state index in [9.17, 15) is 4.79 Å². The largest absolute Gasteiger partial charge is 0.355 e. The van der Waals surface area contributed by atoms with Gasteiger partial charge in [-0.05, 0) is 55.8 Å². The van der Waals surface area contributed by atoms with Gasteiger partial charge in [0.05, 0.1) is 16.6 Å². The molecule has 10 heteroatoms. The molecular formula is C24H25BrCl2N4O2S. The Morgan fingerprint density at radius 2 is 2.00 bits per heavy atom. The van der Waals surface area contributed by atoms with Crippen LogP contribution in [0.2, 0.25) is 10.0 Å². The first kappa shape index (κ1) is 25.5. The van der Waals surface area contributed by atoms with Crippen LogP contribution >= 0.6 is 50.9 Å². The van der Waals surface area contributed by atoms with Crippen LogP contribution in [0.1, 0.15) is 24.3 Å². The van der Waals surface area contributed by atoms with Crippen molar-refractivity contribution in [3.05, 3.63) is 68.4 Å². The molecule has 1 aromatic heterocycles. The summed E-state index contributed by atoms with van der Waals surface area (Å²) >= 11 is 17.2. The maximum atomic E-state index is 12.6. The molecule has 2 heterocycles. The number of amides is 1. The predicted molar refractivity (Wildman–Crippen MR) is 141 cm³/mol. The minimum absolute atomic E-state index is 0.0521. The van der Waals surface area contributed by atoms with E-state index in [0.717, 1.165) is 53.0 Å². The second kappa shape index (κ2) is 12.4. The Bertz CT molecular complexity index is 1120. The number of halogens is 3. The summed E-state index contributed by atoms with van der Waals surface area (Å²) in [4.78, 5) is 19.3. The fourth-order valence-electron chi connectivity index (χ4n) is 3.82. The third-order valence-corrected chi connectivity index (χ3v) is 7.93. The summed E-state index contributed by atoms with van der Waals surface area (Å²) in [5, 5.41) is 8.32. The molecule has 0 spiro atoms. The molecular weight excluding hydrogens is 559 g/mol. The van der Waals surface area contributed by atoms with Crippen LogP contribution in [0.25, 0.3) is 11.4 Å². The highest BCUT2D eigenvalue weighted by Gasteiger charge is 2.25. The highest BCUT2D eigenvalue weighted by atomic mass is 79.9. The SMILES string of the molecule is O=C(NCCSCc1ccc(Cl)c(Cl)c1)C1CCN(Cc2nc(-c3cccc(Br)c3)no2)CC1. The maximum Gasteiger partial charge on any atom is 0.241 e. The zero-order chi connectivity index (χ0) is 23.9. The Morgan fingerprint density at radius 3 is 2.76 bits per heavy atom. The fraction of sp³-hybridized carbons (Fsp3) is 0.375. The average molecular weight is 584 g/mol. The van der Waals surface area contributed by atoms with E-state index in [4.69, 9.17) is 27.7 Å². The second-order valence-electron chi connectivity index (χ2n) is 8.16. The van der Waals surface area contributed by atoms with Gasteiger partial charge < -0.3 is 9.84 Å². The van der Waals surface area contributed by atoms with E-state index in [-0.39, 0.29) is 11.8 Å². The van der Waals surface area contributed by atoms with Crippen molar-refractivity contribution in [2.24, 2.45) is 5.92 Å². The molecule has 4 rings (SSSR count). The number of nitrogens with one attached hydrogen (secondary N) is 1. The first-order valence-electron chi connectivity index (χ1n) is 11.1. The van der Waals surface area contributed by atoms with Gasteiger partial charge in [-0.15, -0.1) is 0 Å². The van der Waals surface area contributed by atoms with Gasteiger partial charge in [0.1, 0.15) is 0 Å². The number of aromatic nitrogens is 2. The molecule has 0 radical (unpaired) electrons. The highest BCUT2D eigenvalue weighted by Crippen LogP contribution is 2.25. The molecule has 0 aliphatic carbocycles. The van der Waals surface area contributed by atoms with Crippen LogP contribution in [0.4, 0.5) is 0 Å². The quantitative estimate of drug-likeness (QED) is 0.308. The third kappa shape index (κ3) is 7.21. The van der Waals surface area contributed by atoms with Gasteiger partial charge in [-0.25, -0.2) is 0 Å². The molecule has 6 nitrogen and oxygen atoms in total. The summed E-state index contributed by atoms with van der Waals surface area (Å²) in [6.45, 7) is 2.92. The number of hydrogen-bond acceptors (Lipinski definition) is 6. The number of rotatable bonds is 9. The number of thioether (sulfide) groups is 1. The molecule has 3 aromatic rings. The van der Waals surface area contributed by atoms with Crippen molar-refractivity contribution < 1.29 is 9.32 Å².